The van der Waals surface area contributed by atoms with Gasteiger partial charge in [0.25, 0.3) is 5.91 Å². The summed E-state index contributed by atoms with van der Waals surface area (Å²) in [6.07, 6.45) is 0.232. The van der Waals surface area contributed by atoms with Crippen molar-refractivity contribution in [1.82, 2.24) is 20.9 Å². The van der Waals surface area contributed by atoms with Crippen molar-refractivity contribution in [3.8, 4) is 0 Å². The molecule has 8 nitrogen and oxygen atoms in total. The van der Waals surface area contributed by atoms with Crippen molar-refractivity contribution in [2.24, 2.45) is 5.92 Å². The molecule has 6 amide bonds. The third-order valence-corrected chi connectivity index (χ3v) is 4.98. The van der Waals surface area contributed by atoms with Crippen LogP contribution in [0.3, 0.4) is 0 Å². The second-order valence-electron chi connectivity index (χ2n) is 7.91. The highest BCUT2D eigenvalue weighted by molar-refractivity contribution is 6.10. The predicted octanol–water partition coefficient (Wildman–Crippen LogP) is 2.16. The Morgan fingerprint density at radius 3 is 2.23 bits per heavy atom. The van der Waals surface area contributed by atoms with Crippen molar-refractivity contribution in [2.75, 3.05) is 13.1 Å². The number of hydrogen-bond acceptors (Lipinski definition) is 4. The molecule has 0 unspecified atom stereocenters. The quantitative estimate of drug-likeness (QED) is 0.594. The second-order valence-corrected chi connectivity index (χ2v) is 7.91. The number of imide groups is 2. The van der Waals surface area contributed by atoms with Crippen LogP contribution in [0.25, 0.3) is 0 Å². The molecule has 31 heavy (non-hydrogen) atoms. The van der Waals surface area contributed by atoms with Gasteiger partial charge in [-0.2, -0.15) is 0 Å². The highest BCUT2D eigenvalue weighted by atomic mass is 16.2. The third kappa shape index (κ3) is 5.09. The molecule has 162 valence electrons. The van der Waals surface area contributed by atoms with E-state index >= 15 is 0 Å². The number of urea groups is 2. The van der Waals surface area contributed by atoms with Gasteiger partial charge in [0, 0.05) is 13.0 Å². The number of carbonyl (C=O) groups excluding carboxylic acids is 4. The lowest BCUT2D eigenvalue weighted by Crippen LogP contribution is -2.48. The number of carbonyl (C=O) groups is 4. The van der Waals surface area contributed by atoms with E-state index < -0.39 is 36.0 Å². The third-order valence-electron chi connectivity index (χ3n) is 4.98. The molecule has 1 heterocycles. The van der Waals surface area contributed by atoms with E-state index in [1.165, 1.54) is 0 Å². The largest absolute Gasteiger partial charge is 0.338 e. The highest BCUT2D eigenvalue weighted by Gasteiger charge is 2.52. The first kappa shape index (κ1) is 22.0. The fourth-order valence-corrected chi connectivity index (χ4v) is 3.46. The molecule has 1 fully saturated rings. The van der Waals surface area contributed by atoms with Gasteiger partial charge in [-0.25, -0.2) is 9.59 Å². The summed E-state index contributed by atoms with van der Waals surface area (Å²) in [7, 11) is 0. The second kappa shape index (κ2) is 9.42. The number of nitrogens with zero attached hydrogens (tertiary/aromatic N) is 1. The normalized spacial score (nSPS) is 18.1. The van der Waals surface area contributed by atoms with E-state index in [1.807, 2.05) is 50.2 Å². The summed E-state index contributed by atoms with van der Waals surface area (Å²) in [6.45, 7) is 3.69. The average Bonchev–Trinajstić information content (AvgIpc) is 2.98. The first-order chi connectivity index (χ1) is 14.8. The highest BCUT2D eigenvalue weighted by Crippen LogP contribution is 2.32. The van der Waals surface area contributed by atoms with Gasteiger partial charge < -0.3 is 10.6 Å². The molecule has 1 saturated heterocycles. The van der Waals surface area contributed by atoms with Gasteiger partial charge in [-0.3, -0.25) is 19.8 Å². The maximum atomic E-state index is 13.4. The molecular formula is C23H26N4O4. The lowest BCUT2D eigenvalue weighted by Gasteiger charge is -2.27. The maximum absolute atomic E-state index is 13.4. The molecule has 0 aromatic heterocycles. The monoisotopic (exact) mass is 422 g/mol. The number of benzene rings is 2. The molecular weight excluding hydrogens is 396 g/mol. The maximum Gasteiger partial charge on any atom is 0.325 e. The molecule has 0 spiro atoms. The molecule has 3 N–H and O–H groups in total. The predicted molar refractivity (Wildman–Crippen MR) is 115 cm³/mol. The van der Waals surface area contributed by atoms with Crippen molar-refractivity contribution in [3.05, 3.63) is 71.8 Å². The molecule has 3 rings (SSSR count). The molecule has 2 aromatic carbocycles. The zero-order chi connectivity index (χ0) is 22.4. The van der Waals surface area contributed by atoms with Gasteiger partial charge in [0.2, 0.25) is 5.91 Å². The fraction of sp³-hybridized carbons (Fsp3) is 0.304. The van der Waals surface area contributed by atoms with Crippen LogP contribution in [0.15, 0.2) is 60.7 Å². The van der Waals surface area contributed by atoms with E-state index in [9.17, 15) is 19.2 Å². The van der Waals surface area contributed by atoms with Gasteiger partial charge in [0.15, 0.2) is 5.54 Å². The topological polar surface area (TPSA) is 108 Å². The molecule has 0 saturated carbocycles. The van der Waals surface area contributed by atoms with E-state index in [0.717, 1.165) is 10.5 Å². The van der Waals surface area contributed by atoms with Gasteiger partial charge in [0.1, 0.15) is 6.54 Å². The van der Waals surface area contributed by atoms with E-state index in [2.05, 4.69) is 16.0 Å². The molecule has 0 radical (unpaired) electrons. The first-order valence-electron chi connectivity index (χ1n) is 10.1. The van der Waals surface area contributed by atoms with Crippen LogP contribution in [-0.2, 0) is 21.5 Å². The van der Waals surface area contributed by atoms with Gasteiger partial charge in [-0.05, 0) is 17.0 Å². The summed E-state index contributed by atoms with van der Waals surface area (Å²) in [5.74, 6) is -1.06. The Labute approximate surface area is 181 Å². The number of nitrogens with one attached hydrogen (secondary N) is 3. The van der Waals surface area contributed by atoms with E-state index in [-0.39, 0.29) is 12.3 Å². The molecule has 2 aromatic rings. The average molecular weight is 422 g/mol. The van der Waals surface area contributed by atoms with Crippen molar-refractivity contribution < 1.29 is 19.2 Å². The SMILES string of the molecule is CC(C)CNC(=O)NC(=O)CN1C(=O)N[C@](Cc2ccccc2)(c2ccccc2)C1=O. The zero-order valence-electron chi connectivity index (χ0n) is 17.6. The molecule has 8 heteroatoms. The minimum absolute atomic E-state index is 0.219. The Bertz CT molecular complexity index is 962. The lowest BCUT2D eigenvalue weighted by molar-refractivity contribution is -0.135. The number of rotatable bonds is 7. The summed E-state index contributed by atoms with van der Waals surface area (Å²) in [6, 6.07) is 16.9. The van der Waals surface area contributed by atoms with Crippen LogP contribution in [0.4, 0.5) is 9.59 Å². The van der Waals surface area contributed by atoms with Crippen molar-refractivity contribution in [2.45, 2.75) is 25.8 Å². The summed E-state index contributed by atoms with van der Waals surface area (Å²) in [4.78, 5) is 51.1. The molecule has 1 atom stereocenters. The minimum Gasteiger partial charge on any atom is -0.338 e. The summed E-state index contributed by atoms with van der Waals surface area (Å²) in [5.41, 5.74) is 0.147. The van der Waals surface area contributed by atoms with Crippen LogP contribution >= 0.6 is 0 Å². The van der Waals surface area contributed by atoms with Crippen LogP contribution in [-0.4, -0.2) is 41.9 Å². The van der Waals surface area contributed by atoms with Gasteiger partial charge in [-0.15, -0.1) is 0 Å². The van der Waals surface area contributed by atoms with E-state index in [4.69, 9.17) is 0 Å². The molecule has 0 aliphatic carbocycles. The van der Waals surface area contributed by atoms with Crippen molar-refractivity contribution >= 4 is 23.9 Å². The smallest absolute Gasteiger partial charge is 0.325 e. The summed E-state index contributed by atoms with van der Waals surface area (Å²) < 4.78 is 0. The zero-order valence-corrected chi connectivity index (χ0v) is 17.6. The van der Waals surface area contributed by atoms with Crippen LogP contribution in [0, 0.1) is 5.92 Å². The standard InChI is InChI=1S/C23H26N4O4/c1-16(2)14-24-21(30)25-19(28)15-27-20(29)23(26-22(27)31,18-11-7-4-8-12-18)13-17-9-5-3-6-10-17/h3-12,16H,13-15H2,1-2H3,(H,26,31)(H2,24,25,28,30)/t23-/m1/s1. The number of amides is 6. The molecule has 1 aliphatic rings. The first-order valence-corrected chi connectivity index (χ1v) is 10.1. The van der Waals surface area contributed by atoms with Crippen LogP contribution < -0.4 is 16.0 Å². The number of hydrogen-bond donors (Lipinski definition) is 3. The Balaban J connectivity index is 1.80. The van der Waals surface area contributed by atoms with Gasteiger partial charge in [-0.1, -0.05) is 74.5 Å². The van der Waals surface area contributed by atoms with Crippen LogP contribution in [0.1, 0.15) is 25.0 Å². The Kier molecular flexibility index (Phi) is 6.69. The summed E-state index contributed by atoms with van der Waals surface area (Å²) in [5, 5.41) is 7.51. The minimum atomic E-state index is -1.33. The Hall–Kier alpha value is -3.68. The molecule has 1 aliphatic heterocycles. The van der Waals surface area contributed by atoms with Gasteiger partial charge >= 0.3 is 12.1 Å². The van der Waals surface area contributed by atoms with Crippen molar-refractivity contribution in [3.63, 3.8) is 0 Å². The molecule has 0 bridgehead atoms. The Morgan fingerprint density at radius 1 is 1.00 bits per heavy atom. The van der Waals surface area contributed by atoms with Gasteiger partial charge in [0.05, 0.1) is 0 Å². The van der Waals surface area contributed by atoms with Crippen LogP contribution in [0.2, 0.25) is 0 Å². The van der Waals surface area contributed by atoms with Crippen molar-refractivity contribution in [1.29, 1.82) is 0 Å². The lowest BCUT2D eigenvalue weighted by atomic mass is 9.83. The van der Waals surface area contributed by atoms with E-state index in [0.29, 0.717) is 12.1 Å². The fourth-order valence-electron chi connectivity index (χ4n) is 3.46. The summed E-state index contributed by atoms with van der Waals surface area (Å²) >= 11 is 0. The van der Waals surface area contributed by atoms with Crippen LogP contribution in [0.5, 0.6) is 0 Å². The Morgan fingerprint density at radius 2 is 1.61 bits per heavy atom. The van der Waals surface area contributed by atoms with E-state index in [1.54, 1.807) is 24.3 Å².